The van der Waals surface area contributed by atoms with E-state index in [2.05, 4.69) is 4.74 Å². The van der Waals surface area contributed by atoms with Crippen LogP contribution in [-0.4, -0.2) is 21.3 Å². The number of halogens is 2. The summed E-state index contributed by atoms with van der Waals surface area (Å²) in [5, 5.41) is 7.88. The highest BCUT2D eigenvalue weighted by atomic mass is 127. The average Bonchev–Trinajstić information content (AvgIpc) is 1.61. The van der Waals surface area contributed by atoms with Crippen LogP contribution >= 0.6 is 34.2 Å². The smallest absolute Gasteiger partial charge is 0.450 e. The highest BCUT2D eigenvalue weighted by molar-refractivity contribution is 14.1. The van der Waals surface area contributed by atoms with Crippen molar-refractivity contribution in [2.45, 2.75) is 3.38 Å². The Hall–Kier alpha value is 0.290. The number of rotatable bonds is 2. The molecule has 1 N–H and O–H groups in total. The zero-order chi connectivity index (χ0) is 6.57. The molecular weight excluding hydrogens is 246 g/mol. The molecule has 8 heavy (non-hydrogen) atoms. The molecule has 0 saturated carbocycles. The Morgan fingerprint density at radius 3 is 2.62 bits per heavy atom. The van der Waals surface area contributed by atoms with E-state index in [4.69, 9.17) is 16.7 Å². The van der Waals surface area contributed by atoms with Gasteiger partial charge in [0.25, 0.3) is 0 Å². The van der Waals surface area contributed by atoms with E-state index in [0.717, 1.165) is 0 Å². The Balaban J connectivity index is 3.05. The van der Waals surface area contributed by atoms with Crippen LogP contribution in [0.3, 0.4) is 0 Å². The maximum absolute atomic E-state index is 9.62. The third kappa shape index (κ3) is 6.29. The van der Waals surface area contributed by atoms with Crippen molar-refractivity contribution in [3.63, 3.8) is 0 Å². The Morgan fingerprint density at radius 2 is 2.50 bits per heavy atom. The fourth-order valence-electron chi connectivity index (χ4n) is 0.134. The van der Waals surface area contributed by atoms with Gasteiger partial charge in [0.1, 0.15) is 9.99 Å². The minimum absolute atomic E-state index is 0.0391. The van der Waals surface area contributed by atoms with Gasteiger partial charge in [-0.15, -0.1) is 11.6 Å². The zero-order valence-electron chi connectivity index (χ0n) is 3.80. The van der Waals surface area contributed by atoms with Crippen LogP contribution in [0.1, 0.15) is 0 Å². The van der Waals surface area contributed by atoms with Gasteiger partial charge in [-0.1, -0.05) is 22.6 Å². The quantitative estimate of drug-likeness (QED) is 0.461. The van der Waals surface area contributed by atoms with Gasteiger partial charge in [0, 0.05) is 0 Å². The van der Waals surface area contributed by atoms with Crippen LogP contribution in [0.2, 0.25) is 0 Å². The van der Waals surface area contributed by atoms with Crippen LogP contribution in [0.15, 0.2) is 0 Å². The lowest BCUT2D eigenvalue weighted by molar-refractivity contribution is 0.0964. The summed E-state index contributed by atoms with van der Waals surface area (Å²) in [6.45, 7) is 0.0391. The number of alkyl halides is 2. The van der Waals surface area contributed by atoms with Crippen molar-refractivity contribution in [1.82, 2.24) is 0 Å². The van der Waals surface area contributed by atoms with Gasteiger partial charge < -0.3 is 9.84 Å². The number of hydrogen-bond acceptors (Lipinski definition) is 2. The van der Waals surface area contributed by atoms with Gasteiger partial charge in [-0.3, -0.25) is 0 Å². The summed E-state index contributed by atoms with van der Waals surface area (Å²) in [4.78, 5) is 9.62. The Kier molecular flexibility index (Phi) is 4.35. The lowest BCUT2D eigenvalue weighted by atomic mass is 10.9. The first kappa shape index (κ1) is 8.29. The summed E-state index contributed by atoms with van der Waals surface area (Å²) in [5.74, 6) is 0. The largest absolute Gasteiger partial charge is 0.505 e. The minimum Gasteiger partial charge on any atom is -0.450 e. The molecule has 0 spiro atoms. The van der Waals surface area contributed by atoms with Crippen LogP contribution < -0.4 is 0 Å². The molecule has 5 heteroatoms. The zero-order valence-corrected chi connectivity index (χ0v) is 6.72. The third-order valence-electron chi connectivity index (χ3n) is 0.333. The summed E-state index contributed by atoms with van der Waals surface area (Å²) in [6.07, 6.45) is -1.28. The molecule has 0 aliphatic carbocycles. The Morgan fingerprint density at radius 1 is 2.00 bits per heavy atom. The Labute approximate surface area is 65.1 Å². The SMILES string of the molecule is O=C(O)OCC(Cl)I. The topological polar surface area (TPSA) is 46.5 Å². The molecule has 0 saturated heterocycles. The molecule has 0 aliphatic rings. The molecule has 1 unspecified atom stereocenters. The summed E-state index contributed by atoms with van der Waals surface area (Å²) in [7, 11) is 0. The van der Waals surface area contributed by atoms with Crippen LogP contribution in [0.25, 0.3) is 0 Å². The van der Waals surface area contributed by atoms with Gasteiger partial charge >= 0.3 is 6.16 Å². The fourth-order valence-corrected chi connectivity index (χ4v) is 0.377. The predicted octanol–water partition coefficient (Wildman–Crippen LogP) is 1.68. The van der Waals surface area contributed by atoms with Crippen LogP contribution in [0, 0.1) is 0 Å². The van der Waals surface area contributed by atoms with Crippen molar-refractivity contribution in [2.75, 3.05) is 6.61 Å². The van der Waals surface area contributed by atoms with Crippen molar-refractivity contribution in [3.05, 3.63) is 0 Å². The molecule has 0 fully saturated rings. The van der Waals surface area contributed by atoms with Crippen molar-refractivity contribution in [2.24, 2.45) is 0 Å². The number of carbonyl (C=O) groups is 1. The van der Waals surface area contributed by atoms with Gasteiger partial charge in [-0.2, -0.15) is 0 Å². The molecule has 1 atom stereocenters. The molecule has 0 bridgehead atoms. The van der Waals surface area contributed by atoms with Crippen molar-refractivity contribution in [1.29, 1.82) is 0 Å². The summed E-state index contributed by atoms with van der Waals surface area (Å²) in [6, 6.07) is 0. The molecule has 0 amide bonds. The molecule has 48 valence electrons. The fraction of sp³-hybridized carbons (Fsp3) is 0.667. The van der Waals surface area contributed by atoms with Gasteiger partial charge in [0.15, 0.2) is 0 Å². The van der Waals surface area contributed by atoms with E-state index in [1.54, 1.807) is 0 Å². The second-order valence-corrected chi connectivity index (χ2v) is 3.73. The van der Waals surface area contributed by atoms with Gasteiger partial charge in [0.05, 0.1) is 0 Å². The Bertz CT molecular complexity index is 84.6. The predicted molar refractivity (Wildman–Crippen MR) is 37.6 cm³/mol. The number of ether oxygens (including phenoxy) is 1. The van der Waals surface area contributed by atoms with Crippen molar-refractivity contribution < 1.29 is 14.6 Å². The lowest BCUT2D eigenvalue weighted by Crippen LogP contribution is -2.06. The monoisotopic (exact) mass is 250 g/mol. The van der Waals surface area contributed by atoms with Gasteiger partial charge in [-0.25, -0.2) is 4.79 Å². The molecule has 0 radical (unpaired) electrons. The summed E-state index contributed by atoms with van der Waals surface area (Å²) >= 11 is 7.17. The lowest BCUT2D eigenvalue weighted by Gasteiger charge is -1.97. The van der Waals surface area contributed by atoms with Crippen LogP contribution in [0.5, 0.6) is 0 Å². The third-order valence-corrected chi connectivity index (χ3v) is 0.818. The van der Waals surface area contributed by atoms with Crippen LogP contribution in [0.4, 0.5) is 4.79 Å². The van der Waals surface area contributed by atoms with Crippen LogP contribution in [-0.2, 0) is 4.74 Å². The number of hydrogen-bond donors (Lipinski definition) is 1. The first-order valence-electron chi connectivity index (χ1n) is 1.77. The minimum atomic E-state index is -1.28. The summed E-state index contributed by atoms with van der Waals surface area (Å²) < 4.78 is 3.81. The molecule has 0 aromatic rings. The van der Waals surface area contributed by atoms with Gasteiger partial charge in [-0.05, 0) is 0 Å². The van der Waals surface area contributed by atoms with Crippen molar-refractivity contribution in [3.8, 4) is 0 Å². The van der Waals surface area contributed by atoms with E-state index in [1.807, 2.05) is 22.6 Å². The second kappa shape index (κ2) is 4.20. The first-order valence-corrected chi connectivity index (χ1v) is 3.45. The highest BCUT2D eigenvalue weighted by Gasteiger charge is 2.00. The van der Waals surface area contributed by atoms with E-state index in [-0.39, 0.29) is 9.99 Å². The normalized spacial score (nSPS) is 12.8. The number of carboxylic acid groups (broad SMARTS) is 1. The second-order valence-electron chi connectivity index (χ2n) is 0.968. The molecule has 0 rings (SSSR count). The molecule has 0 aromatic carbocycles. The van der Waals surface area contributed by atoms with Gasteiger partial charge in [0.2, 0.25) is 0 Å². The highest BCUT2D eigenvalue weighted by Crippen LogP contribution is 2.04. The van der Waals surface area contributed by atoms with E-state index in [9.17, 15) is 4.79 Å². The van der Waals surface area contributed by atoms with E-state index >= 15 is 0 Å². The average molecular weight is 250 g/mol. The maximum Gasteiger partial charge on any atom is 0.505 e. The standard InChI is InChI=1S/C3H4ClIO3/c4-2(5)1-8-3(6)7/h2H,1H2,(H,6,7). The van der Waals surface area contributed by atoms with E-state index in [1.165, 1.54) is 0 Å². The van der Waals surface area contributed by atoms with E-state index in [0.29, 0.717) is 0 Å². The van der Waals surface area contributed by atoms with Crippen molar-refractivity contribution >= 4 is 40.3 Å². The molecule has 3 nitrogen and oxygen atoms in total. The first-order chi connectivity index (χ1) is 3.63. The molecule has 0 heterocycles. The summed E-state index contributed by atoms with van der Waals surface area (Å²) in [5.41, 5.74) is 0. The molecular formula is C3H4ClIO3. The molecule has 0 aliphatic heterocycles. The molecule has 0 aromatic heterocycles. The maximum atomic E-state index is 9.62. The van der Waals surface area contributed by atoms with E-state index < -0.39 is 6.16 Å².